The maximum Gasteiger partial charge on any atom is 0.213 e. The molecule has 0 spiro atoms. The van der Waals surface area contributed by atoms with Crippen LogP contribution < -0.4 is 4.74 Å². The predicted molar refractivity (Wildman–Crippen MR) is 90.9 cm³/mol. The normalized spacial score (nSPS) is 12.1. The molecule has 7 heteroatoms. The van der Waals surface area contributed by atoms with Gasteiger partial charge in [-0.15, -0.1) is 0 Å². The minimum absolute atomic E-state index is 0.470. The molecule has 5 nitrogen and oxygen atoms in total. The van der Waals surface area contributed by atoms with Crippen LogP contribution in [-0.2, 0) is 11.5 Å². The molecule has 0 atom stereocenters. The molecule has 0 unspecified atom stereocenters. The van der Waals surface area contributed by atoms with Crippen molar-refractivity contribution in [1.82, 2.24) is 14.8 Å². The zero-order chi connectivity index (χ0) is 14.8. The third-order valence-corrected chi connectivity index (χ3v) is 5.49. The van der Waals surface area contributed by atoms with Crippen LogP contribution in [-0.4, -0.2) is 36.6 Å². The predicted octanol–water partition coefficient (Wildman–Crippen LogP) is 3.36. The number of fused-ring (bicyclic) bond motifs is 1. The van der Waals surface area contributed by atoms with Crippen LogP contribution in [0.5, 0.6) is 5.88 Å². The van der Waals surface area contributed by atoms with Crippen LogP contribution in [0, 0.1) is 3.70 Å². The van der Waals surface area contributed by atoms with E-state index in [9.17, 15) is 0 Å². The molecule has 0 saturated heterocycles. The Hall–Kier alpha value is -0.673. The van der Waals surface area contributed by atoms with Crippen molar-refractivity contribution in [2.24, 2.45) is 0 Å². The van der Waals surface area contributed by atoms with Crippen LogP contribution in [0.4, 0.5) is 0 Å². The molecule has 0 fully saturated rings. The zero-order valence-electron chi connectivity index (χ0n) is 12.3. The van der Waals surface area contributed by atoms with Crippen molar-refractivity contribution >= 4 is 41.6 Å². The SMILES string of the molecule is COc1cc2c(I)nn(COCC[Si](C)(C)C)c2cn1. The number of hydrogen-bond donors (Lipinski definition) is 0. The Balaban J connectivity index is 2.07. The van der Waals surface area contributed by atoms with Gasteiger partial charge in [-0.3, -0.25) is 0 Å². The van der Waals surface area contributed by atoms with Gasteiger partial charge in [0.15, 0.2) is 0 Å². The number of halogens is 1. The van der Waals surface area contributed by atoms with Crippen LogP contribution >= 0.6 is 22.6 Å². The van der Waals surface area contributed by atoms with Crippen molar-refractivity contribution in [3.05, 3.63) is 16.0 Å². The fourth-order valence-electron chi connectivity index (χ4n) is 1.75. The van der Waals surface area contributed by atoms with Gasteiger partial charge >= 0.3 is 0 Å². The van der Waals surface area contributed by atoms with E-state index in [1.165, 1.54) is 0 Å². The third kappa shape index (κ3) is 3.92. The lowest BCUT2D eigenvalue weighted by molar-refractivity contribution is 0.0814. The average molecular weight is 405 g/mol. The zero-order valence-corrected chi connectivity index (χ0v) is 15.5. The summed E-state index contributed by atoms with van der Waals surface area (Å²) in [6.45, 7) is 8.30. The monoisotopic (exact) mass is 405 g/mol. The van der Waals surface area contributed by atoms with E-state index < -0.39 is 8.07 Å². The van der Waals surface area contributed by atoms with E-state index in [1.54, 1.807) is 13.3 Å². The summed E-state index contributed by atoms with van der Waals surface area (Å²) in [6.07, 6.45) is 1.78. The van der Waals surface area contributed by atoms with Crippen molar-refractivity contribution in [3.63, 3.8) is 0 Å². The van der Waals surface area contributed by atoms with Crippen LogP contribution in [0.15, 0.2) is 12.3 Å². The van der Waals surface area contributed by atoms with Crippen molar-refractivity contribution in [2.45, 2.75) is 32.4 Å². The summed E-state index contributed by atoms with van der Waals surface area (Å²) in [6, 6.07) is 3.07. The van der Waals surface area contributed by atoms with E-state index in [4.69, 9.17) is 9.47 Å². The maximum absolute atomic E-state index is 5.75. The fraction of sp³-hybridized carbons (Fsp3) is 0.538. The second-order valence-electron chi connectivity index (χ2n) is 5.88. The van der Waals surface area contributed by atoms with Crippen molar-refractivity contribution in [2.75, 3.05) is 13.7 Å². The first kappa shape index (κ1) is 15.7. The highest BCUT2D eigenvalue weighted by Gasteiger charge is 2.13. The van der Waals surface area contributed by atoms with E-state index in [1.807, 2.05) is 10.7 Å². The van der Waals surface area contributed by atoms with Gasteiger partial charge in [-0.05, 0) is 28.6 Å². The summed E-state index contributed by atoms with van der Waals surface area (Å²) in [5, 5.41) is 5.54. The highest BCUT2D eigenvalue weighted by Crippen LogP contribution is 2.23. The fourth-order valence-corrected chi connectivity index (χ4v) is 3.20. The largest absolute Gasteiger partial charge is 0.481 e. The van der Waals surface area contributed by atoms with Crippen LogP contribution in [0.2, 0.25) is 25.7 Å². The standard InChI is InChI=1S/C13H20IN3O2Si/c1-18-12-7-10-11(8-15-12)17(16-13(10)14)9-19-5-6-20(2,3)4/h7-8H,5-6,9H2,1-4H3. The molecule has 0 bridgehead atoms. The lowest BCUT2D eigenvalue weighted by Crippen LogP contribution is -2.22. The van der Waals surface area contributed by atoms with Gasteiger partial charge in [0.1, 0.15) is 10.4 Å². The van der Waals surface area contributed by atoms with Gasteiger partial charge in [0.25, 0.3) is 0 Å². The summed E-state index contributed by atoms with van der Waals surface area (Å²) >= 11 is 2.22. The molecule has 0 aromatic carbocycles. The van der Waals surface area contributed by atoms with Crippen LogP contribution in [0.3, 0.4) is 0 Å². The quantitative estimate of drug-likeness (QED) is 0.420. The highest BCUT2D eigenvalue weighted by atomic mass is 127. The van der Waals surface area contributed by atoms with E-state index in [0.717, 1.165) is 27.3 Å². The highest BCUT2D eigenvalue weighted by molar-refractivity contribution is 14.1. The Morgan fingerprint density at radius 2 is 2.10 bits per heavy atom. The Morgan fingerprint density at radius 3 is 2.75 bits per heavy atom. The van der Waals surface area contributed by atoms with E-state index >= 15 is 0 Å². The summed E-state index contributed by atoms with van der Waals surface area (Å²) in [4.78, 5) is 4.23. The molecule has 0 aliphatic heterocycles. The molecule has 0 radical (unpaired) electrons. The van der Waals surface area contributed by atoms with Crippen LogP contribution in [0.25, 0.3) is 10.9 Å². The van der Waals surface area contributed by atoms with Crippen LogP contribution in [0.1, 0.15) is 0 Å². The molecule has 2 aromatic rings. The van der Waals surface area contributed by atoms with Gasteiger partial charge in [-0.2, -0.15) is 5.10 Å². The van der Waals surface area contributed by atoms with E-state index in [2.05, 4.69) is 52.3 Å². The lowest BCUT2D eigenvalue weighted by Gasteiger charge is -2.15. The molecule has 0 aliphatic carbocycles. The van der Waals surface area contributed by atoms with E-state index in [-0.39, 0.29) is 0 Å². The summed E-state index contributed by atoms with van der Waals surface area (Å²) < 4.78 is 13.7. The summed E-state index contributed by atoms with van der Waals surface area (Å²) in [5.41, 5.74) is 0.975. The van der Waals surface area contributed by atoms with Gasteiger partial charge in [0.05, 0.1) is 18.8 Å². The average Bonchev–Trinajstić information content (AvgIpc) is 2.70. The first-order valence-corrected chi connectivity index (χ1v) is 11.3. The second-order valence-corrected chi connectivity index (χ2v) is 12.5. The Morgan fingerprint density at radius 1 is 1.35 bits per heavy atom. The number of pyridine rings is 1. The number of nitrogens with zero attached hydrogens (tertiary/aromatic N) is 3. The summed E-state index contributed by atoms with van der Waals surface area (Å²) in [7, 11) is 0.575. The number of aromatic nitrogens is 3. The number of ether oxygens (including phenoxy) is 2. The third-order valence-electron chi connectivity index (χ3n) is 2.99. The van der Waals surface area contributed by atoms with Gasteiger partial charge in [0.2, 0.25) is 5.88 Å². The first-order valence-electron chi connectivity index (χ1n) is 6.54. The molecule has 2 heterocycles. The Labute approximate surface area is 133 Å². The van der Waals surface area contributed by atoms with Gasteiger partial charge in [0, 0.05) is 26.1 Å². The molecular weight excluding hydrogens is 385 g/mol. The molecule has 2 aromatic heterocycles. The Bertz CT molecular complexity index is 595. The first-order chi connectivity index (χ1) is 9.40. The second kappa shape index (κ2) is 6.40. The molecule has 0 saturated carbocycles. The van der Waals surface area contributed by atoms with Gasteiger partial charge in [-0.25, -0.2) is 9.67 Å². The van der Waals surface area contributed by atoms with Crippen molar-refractivity contribution in [3.8, 4) is 5.88 Å². The summed E-state index contributed by atoms with van der Waals surface area (Å²) in [5.74, 6) is 0.606. The number of methoxy groups -OCH3 is 1. The molecule has 2 rings (SSSR count). The lowest BCUT2D eigenvalue weighted by atomic mass is 10.3. The van der Waals surface area contributed by atoms with Gasteiger partial charge < -0.3 is 9.47 Å². The molecule has 0 N–H and O–H groups in total. The van der Waals surface area contributed by atoms with Crippen molar-refractivity contribution < 1.29 is 9.47 Å². The van der Waals surface area contributed by atoms with E-state index in [0.29, 0.717) is 12.6 Å². The molecule has 20 heavy (non-hydrogen) atoms. The maximum atomic E-state index is 5.75. The number of rotatable bonds is 6. The Kier molecular flexibility index (Phi) is 5.03. The smallest absolute Gasteiger partial charge is 0.213 e. The topological polar surface area (TPSA) is 49.2 Å². The number of hydrogen-bond acceptors (Lipinski definition) is 4. The van der Waals surface area contributed by atoms with Gasteiger partial charge in [-0.1, -0.05) is 19.6 Å². The minimum Gasteiger partial charge on any atom is -0.481 e. The molecular formula is C13H20IN3O2Si. The molecule has 110 valence electrons. The van der Waals surface area contributed by atoms with Crippen molar-refractivity contribution in [1.29, 1.82) is 0 Å². The molecule has 0 aliphatic rings. The molecule has 0 amide bonds. The minimum atomic E-state index is -1.04.